The van der Waals surface area contributed by atoms with Crippen LogP contribution in [-0.2, 0) is 4.79 Å². The van der Waals surface area contributed by atoms with Crippen LogP contribution >= 0.6 is 0 Å². The maximum absolute atomic E-state index is 12.3. The summed E-state index contributed by atoms with van der Waals surface area (Å²) in [6.45, 7) is 4.78. The van der Waals surface area contributed by atoms with Crippen LogP contribution in [0.3, 0.4) is 0 Å². The number of carbonyl (C=O) groups is 1. The largest absolute Gasteiger partial charge is 0.409 e. The number of amidine groups is 1. The number of hydrogen-bond donors (Lipinski definition) is 3. The molecule has 106 valence electrons. The van der Waals surface area contributed by atoms with Crippen molar-refractivity contribution in [1.82, 2.24) is 4.90 Å². The van der Waals surface area contributed by atoms with Gasteiger partial charge in [0.2, 0.25) is 5.91 Å². The minimum Gasteiger partial charge on any atom is -0.409 e. The third-order valence-electron chi connectivity index (χ3n) is 2.81. The van der Waals surface area contributed by atoms with Crippen molar-refractivity contribution in [2.24, 2.45) is 16.8 Å². The number of oxime groups is 1. The topological polar surface area (TPSA) is 99.2 Å². The Kier molecular flexibility index (Phi) is 9.00. The van der Waals surface area contributed by atoms with Crippen molar-refractivity contribution >= 4 is 11.7 Å². The van der Waals surface area contributed by atoms with Crippen molar-refractivity contribution in [2.75, 3.05) is 19.7 Å². The molecule has 4 N–H and O–H groups in total. The second-order valence-corrected chi connectivity index (χ2v) is 4.27. The van der Waals surface area contributed by atoms with E-state index in [1.165, 1.54) is 0 Å². The van der Waals surface area contributed by atoms with Gasteiger partial charge < -0.3 is 20.9 Å². The van der Waals surface area contributed by atoms with E-state index in [1.807, 2.05) is 13.8 Å². The maximum Gasteiger partial charge on any atom is 0.233 e. The zero-order chi connectivity index (χ0) is 14.0. The first-order chi connectivity index (χ1) is 8.62. The summed E-state index contributed by atoms with van der Waals surface area (Å²) < 4.78 is 0. The lowest BCUT2D eigenvalue weighted by atomic mass is 10.0. The van der Waals surface area contributed by atoms with Crippen molar-refractivity contribution in [3.8, 4) is 0 Å². The Morgan fingerprint density at radius 3 is 2.44 bits per heavy atom. The van der Waals surface area contributed by atoms with Gasteiger partial charge in [0.15, 0.2) is 5.84 Å². The highest BCUT2D eigenvalue weighted by molar-refractivity contribution is 6.02. The van der Waals surface area contributed by atoms with E-state index in [4.69, 9.17) is 16.0 Å². The average Bonchev–Trinajstić information content (AvgIpc) is 2.39. The number of unbranched alkanes of at least 4 members (excludes halogenated alkanes) is 1. The third kappa shape index (κ3) is 5.35. The Hall–Kier alpha value is -1.30. The summed E-state index contributed by atoms with van der Waals surface area (Å²) in [6.07, 6.45) is 3.16. The zero-order valence-electron chi connectivity index (χ0n) is 11.3. The lowest BCUT2D eigenvalue weighted by Gasteiger charge is -2.26. The standard InChI is InChI=1S/C12H25N3O3/c1-3-5-7-15(8-9-16)12(17)10(6-4-2)11(13)14-18/h10,16,18H,3-9H2,1-2H3,(H2,13,14). The van der Waals surface area contributed by atoms with E-state index >= 15 is 0 Å². The molecular formula is C12H25N3O3. The van der Waals surface area contributed by atoms with Gasteiger partial charge in [0, 0.05) is 13.1 Å². The Labute approximate surface area is 108 Å². The number of carbonyl (C=O) groups excluding carboxylic acids is 1. The summed E-state index contributed by atoms with van der Waals surface area (Å²) in [7, 11) is 0. The van der Waals surface area contributed by atoms with E-state index in [1.54, 1.807) is 4.90 Å². The van der Waals surface area contributed by atoms with Crippen molar-refractivity contribution in [3.63, 3.8) is 0 Å². The molecule has 0 rings (SSSR count). The summed E-state index contributed by atoms with van der Waals surface area (Å²) in [6, 6.07) is 0. The summed E-state index contributed by atoms with van der Waals surface area (Å²) in [5.41, 5.74) is 5.56. The summed E-state index contributed by atoms with van der Waals surface area (Å²) in [5, 5.41) is 20.6. The van der Waals surface area contributed by atoms with Crippen molar-refractivity contribution in [3.05, 3.63) is 0 Å². The molecule has 0 heterocycles. The van der Waals surface area contributed by atoms with E-state index < -0.39 is 5.92 Å². The smallest absolute Gasteiger partial charge is 0.233 e. The van der Waals surface area contributed by atoms with Gasteiger partial charge in [-0.15, -0.1) is 0 Å². The van der Waals surface area contributed by atoms with Crippen molar-refractivity contribution in [1.29, 1.82) is 0 Å². The molecule has 1 amide bonds. The predicted octanol–water partition coefficient (Wildman–Crippen LogP) is 0.770. The first-order valence-electron chi connectivity index (χ1n) is 6.49. The monoisotopic (exact) mass is 259 g/mol. The van der Waals surface area contributed by atoms with Gasteiger partial charge in [0.25, 0.3) is 0 Å². The quantitative estimate of drug-likeness (QED) is 0.246. The van der Waals surface area contributed by atoms with Crippen LogP contribution in [0.2, 0.25) is 0 Å². The minimum atomic E-state index is -0.594. The van der Waals surface area contributed by atoms with Gasteiger partial charge >= 0.3 is 0 Å². The number of amides is 1. The molecule has 6 heteroatoms. The van der Waals surface area contributed by atoms with E-state index in [2.05, 4.69) is 5.16 Å². The molecule has 0 saturated heterocycles. The zero-order valence-corrected chi connectivity index (χ0v) is 11.3. The van der Waals surface area contributed by atoms with Gasteiger partial charge in [-0.1, -0.05) is 31.8 Å². The fraction of sp³-hybridized carbons (Fsp3) is 0.833. The SMILES string of the molecule is CCCCN(CCO)C(=O)C(CCC)C(N)=NO. The molecule has 0 fully saturated rings. The van der Waals surface area contributed by atoms with Gasteiger partial charge in [-0.25, -0.2) is 0 Å². The first-order valence-corrected chi connectivity index (χ1v) is 6.49. The molecule has 1 atom stereocenters. The molecule has 0 bridgehead atoms. The van der Waals surface area contributed by atoms with Crippen LogP contribution in [-0.4, -0.2) is 46.7 Å². The number of nitrogens with two attached hydrogens (primary N) is 1. The van der Waals surface area contributed by atoms with E-state index in [0.29, 0.717) is 13.0 Å². The molecule has 18 heavy (non-hydrogen) atoms. The number of aliphatic hydroxyl groups is 1. The predicted molar refractivity (Wildman–Crippen MR) is 70.4 cm³/mol. The fourth-order valence-electron chi connectivity index (χ4n) is 1.78. The minimum absolute atomic E-state index is 0.0544. The van der Waals surface area contributed by atoms with Crippen LogP contribution in [0.5, 0.6) is 0 Å². The molecule has 0 aromatic carbocycles. The van der Waals surface area contributed by atoms with Crippen LogP contribution in [0.25, 0.3) is 0 Å². The van der Waals surface area contributed by atoms with Gasteiger partial charge in [0.1, 0.15) is 0 Å². The van der Waals surface area contributed by atoms with E-state index in [0.717, 1.165) is 19.3 Å². The molecule has 0 saturated carbocycles. The molecule has 0 aliphatic heterocycles. The molecule has 0 radical (unpaired) electrons. The Balaban J connectivity index is 4.75. The Morgan fingerprint density at radius 2 is 2.00 bits per heavy atom. The second kappa shape index (κ2) is 9.70. The van der Waals surface area contributed by atoms with Crippen molar-refractivity contribution < 1.29 is 15.1 Å². The van der Waals surface area contributed by atoms with Crippen LogP contribution in [0, 0.1) is 5.92 Å². The van der Waals surface area contributed by atoms with Crippen LogP contribution in [0.4, 0.5) is 0 Å². The molecule has 6 nitrogen and oxygen atoms in total. The Morgan fingerprint density at radius 1 is 1.33 bits per heavy atom. The fourth-order valence-corrected chi connectivity index (χ4v) is 1.78. The lowest BCUT2D eigenvalue weighted by Crippen LogP contribution is -2.43. The molecule has 0 aromatic heterocycles. The highest BCUT2D eigenvalue weighted by Gasteiger charge is 2.26. The molecular weight excluding hydrogens is 234 g/mol. The first kappa shape index (κ1) is 16.7. The molecule has 1 unspecified atom stereocenters. The normalized spacial score (nSPS) is 13.4. The van der Waals surface area contributed by atoms with Crippen LogP contribution in [0.1, 0.15) is 39.5 Å². The average molecular weight is 259 g/mol. The lowest BCUT2D eigenvalue weighted by molar-refractivity contribution is -0.134. The number of aliphatic hydroxyl groups excluding tert-OH is 1. The molecule has 0 aromatic rings. The van der Waals surface area contributed by atoms with Crippen molar-refractivity contribution in [2.45, 2.75) is 39.5 Å². The number of hydrogen-bond acceptors (Lipinski definition) is 4. The molecule has 0 spiro atoms. The molecule has 0 aliphatic carbocycles. The van der Waals surface area contributed by atoms with Gasteiger partial charge in [-0.3, -0.25) is 4.79 Å². The summed E-state index contributed by atoms with van der Waals surface area (Å²) >= 11 is 0. The third-order valence-corrected chi connectivity index (χ3v) is 2.81. The van der Waals surface area contributed by atoms with E-state index in [9.17, 15) is 4.79 Å². The maximum atomic E-state index is 12.3. The second-order valence-electron chi connectivity index (χ2n) is 4.27. The van der Waals surface area contributed by atoms with Gasteiger partial charge in [-0.05, 0) is 12.8 Å². The van der Waals surface area contributed by atoms with Crippen LogP contribution in [0.15, 0.2) is 5.16 Å². The number of nitrogens with zero attached hydrogens (tertiary/aromatic N) is 2. The molecule has 0 aliphatic rings. The summed E-state index contributed by atoms with van der Waals surface area (Å²) in [4.78, 5) is 13.9. The Bertz CT molecular complexity index is 269. The van der Waals surface area contributed by atoms with Crippen LogP contribution < -0.4 is 5.73 Å². The highest BCUT2D eigenvalue weighted by atomic mass is 16.4. The summed E-state index contributed by atoms with van der Waals surface area (Å²) in [5.74, 6) is -0.820. The van der Waals surface area contributed by atoms with Gasteiger partial charge in [-0.2, -0.15) is 0 Å². The highest BCUT2D eigenvalue weighted by Crippen LogP contribution is 2.12. The van der Waals surface area contributed by atoms with Gasteiger partial charge in [0.05, 0.1) is 12.5 Å². The number of rotatable bonds is 9. The van der Waals surface area contributed by atoms with E-state index in [-0.39, 0.29) is 24.9 Å².